The van der Waals surface area contributed by atoms with Gasteiger partial charge in [-0.05, 0) is 13.0 Å². The van der Waals surface area contributed by atoms with Crippen molar-refractivity contribution in [2.45, 2.75) is 25.8 Å². The molecule has 0 aliphatic rings. The minimum atomic E-state index is -0.703. The van der Waals surface area contributed by atoms with E-state index in [1.165, 1.54) is 0 Å². The van der Waals surface area contributed by atoms with Crippen LogP contribution in [-0.2, 0) is 4.79 Å². The van der Waals surface area contributed by atoms with Crippen molar-refractivity contribution in [2.75, 3.05) is 13.2 Å². The number of rotatable bonds is 8. The van der Waals surface area contributed by atoms with Crippen molar-refractivity contribution in [1.82, 2.24) is 5.32 Å². The van der Waals surface area contributed by atoms with Crippen LogP contribution in [0, 0.1) is 11.6 Å². The minimum absolute atomic E-state index is 0.0937. The first-order valence-corrected chi connectivity index (χ1v) is 6.14. The number of hydrogen-bond donors (Lipinski definition) is 2. The molecule has 4 nitrogen and oxygen atoms in total. The molecule has 0 aliphatic carbocycles. The second-order valence-electron chi connectivity index (χ2n) is 4.15. The maximum atomic E-state index is 12.9. The number of nitrogens with two attached hydrogens (primary N) is 1. The van der Waals surface area contributed by atoms with E-state index in [0.29, 0.717) is 13.0 Å². The van der Waals surface area contributed by atoms with E-state index in [-0.39, 0.29) is 12.4 Å². The van der Waals surface area contributed by atoms with Crippen LogP contribution >= 0.6 is 0 Å². The predicted octanol–water partition coefficient (Wildman–Crippen LogP) is 1.59. The van der Waals surface area contributed by atoms with Crippen molar-refractivity contribution in [3.8, 4) is 5.75 Å². The maximum absolute atomic E-state index is 12.9. The van der Waals surface area contributed by atoms with Gasteiger partial charge < -0.3 is 15.8 Å². The molecule has 1 unspecified atom stereocenters. The summed E-state index contributed by atoms with van der Waals surface area (Å²) in [5, 5.41) is 2.98. The topological polar surface area (TPSA) is 64.3 Å². The highest BCUT2D eigenvalue weighted by Crippen LogP contribution is 2.15. The van der Waals surface area contributed by atoms with Gasteiger partial charge in [-0.1, -0.05) is 6.92 Å². The number of primary amides is 1. The number of benzene rings is 1. The number of ether oxygens (including phenoxy) is 1. The molecule has 0 heterocycles. The largest absolute Gasteiger partial charge is 0.493 e. The molecule has 1 aromatic rings. The van der Waals surface area contributed by atoms with Crippen LogP contribution in [0.1, 0.15) is 19.8 Å². The van der Waals surface area contributed by atoms with Gasteiger partial charge in [-0.15, -0.1) is 0 Å². The Morgan fingerprint density at radius 3 is 2.53 bits per heavy atom. The van der Waals surface area contributed by atoms with Crippen LogP contribution in [0.15, 0.2) is 18.2 Å². The average molecular weight is 272 g/mol. The summed E-state index contributed by atoms with van der Waals surface area (Å²) < 4.78 is 31.0. The molecule has 3 N–H and O–H groups in total. The molecule has 1 aromatic carbocycles. The predicted molar refractivity (Wildman–Crippen MR) is 67.7 cm³/mol. The van der Waals surface area contributed by atoms with Gasteiger partial charge >= 0.3 is 0 Å². The van der Waals surface area contributed by atoms with Gasteiger partial charge in [-0.25, -0.2) is 8.78 Å². The summed E-state index contributed by atoms with van der Waals surface area (Å²) in [4.78, 5) is 11.1. The van der Waals surface area contributed by atoms with E-state index in [0.717, 1.165) is 24.6 Å². The lowest BCUT2D eigenvalue weighted by atomic mass is 10.2. The fourth-order valence-corrected chi connectivity index (χ4v) is 1.57. The molecule has 1 amide bonds. The molecule has 0 aromatic heterocycles. The lowest BCUT2D eigenvalue weighted by Gasteiger charge is -2.15. The minimum Gasteiger partial charge on any atom is -0.493 e. The zero-order chi connectivity index (χ0) is 14.3. The van der Waals surface area contributed by atoms with Crippen molar-refractivity contribution >= 4 is 5.91 Å². The first-order valence-electron chi connectivity index (χ1n) is 6.14. The first-order chi connectivity index (χ1) is 9.02. The smallest absolute Gasteiger partial charge is 0.234 e. The molecule has 6 heteroatoms. The molecule has 1 rings (SSSR count). The summed E-state index contributed by atoms with van der Waals surface area (Å²) in [5.74, 6) is -1.78. The van der Waals surface area contributed by atoms with E-state index >= 15 is 0 Å². The molecule has 0 spiro atoms. The lowest BCUT2D eigenvalue weighted by Crippen LogP contribution is -2.42. The molecule has 0 saturated carbocycles. The van der Waals surface area contributed by atoms with Gasteiger partial charge in [0.25, 0.3) is 0 Å². The summed E-state index contributed by atoms with van der Waals surface area (Å²) in [6.45, 7) is 2.78. The second kappa shape index (κ2) is 7.68. The highest BCUT2D eigenvalue weighted by atomic mass is 19.1. The number of halogens is 2. The SMILES string of the molecule is CCCNC(CCOc1cc(F)cc(F)c1)C(N)=O. The monoisotopic (exact) mass is 272 g/mol. The lowest BCUT2D eigenvalue weighted by molar-refractivity contribution is -0.120. The van der Waals surface area contributed by atoms with E-state index < -0.39 is 23.6 Å². The number of carbonyl (C=O) groups is 1. The van der Waals surface area contributed by atoms with Crippen molar-refractivity contribution < 1.29 is 18.3 Å². The standard InChI is InChI=1S/C13H18F2N2O2/c1-2-4-17-12(13(16)18)3-5-19-11-7-9(14)6-10(15)8-11/h6-8,12,17H,2-5H2,1H3,(H2,16,18). The first kappa shape index (κ1) is 15.4. The third-order valence-electron chi connectivity index (χ3n) is 2.50. The summed E-state index contributed by atoms with van der Waals surface area (Å²) in [5.41, 5.74) is 5.23. The summed E-state index contributed by atoms with van der Waals surface area (Å²) in [6.07, 6.45) is 1.22. The summed E-state index contributed by atoms with van der Waals surface area (Å²) in [6, 6.07) is 2.43. The Bertz CT molecular complexity index is 407. The highest BCUT2D eigenvalue weighted by Gasteiger charge is 2.14. The van der Waals surface area contributed by atoms with Crippen LogP contribution < -0.4 is 15.8 Å². The Hall–Kier alpha value is -1.69. The number of carbonyl (C=O) groups excluding carboxylic acids is 1. The second-order valence-corrected chi connectivity index (χ2v) is 4.15. The van der Waals surface area contributed by atoms with Crippen LogP contribution in [0.3, 0.4) is 0 Å². The Kier molecular flexibility index (Phi) is 6.21. The van der Waals surface area contributed by atoms with Crippen molar-refractivity contribution in [1.29, 1.82) is 0 Å². The van der Waals surface area contributed by atoms with Crippen molar-refractivity contribution in [3.05, 3.63) is 29.8 Å². The van der Waals surface area contributed by atoms with Gasteiger partial charge in [0, 0.05) is 24.6 Å². The van der Waals surface area contributed by atoms with E-state index in [1.807, 2.05) is 6.92 Å². The normalized spacial score (nSPS) is 12.2. The third kappa shape index (κ3) is 5.65. The van der Waals surface area contributed by atoms with Gasteiger partial charge in [-0.3, -0.25) is 4.79 Å². The van der Waals surface area contributed by atoms with Crippen molar-refractivity contribution in [2.24, 2.45) is 5.73 Å². The maximum Gasteiger partial charge on any atom is 0.234 e. The van der Waals surface area contributed by atoms with Gasteiger partial charge in [-0.2, -0.15) is 0 Å². The van der Waals surface area contributed by atoms with Crippen LogP contribution in [0.4, 0.5) is 8.78 Å². The Labute approximate surface area is 110 Å². The molecule has 0 bridgehead atoms. The van der Waals surface area contributed by atoms with E-state index in [2.05, 4.69) is 5.32 Å². The quantitative estimate of drug-likeness (QED) is 0.755. The van der Waals surface area contributed by atoms with Crippen molar-refractivity contribution in [3.63, 3.8) is 0 Å². The van der Waals surface area contributed by atoms with E-state index in [1.54, 1.807) is 0 Å². The summed E-state index contributed by atoms with van der Waals surface area (Å²) >= 11 is 0. The number of hydrogen-bond acceptors (Lipinski definition) is 3. The molecule has 1 atom stereocenters. The number of nitrogens with one attached hydrogen (secondary N) is 1. The molecular weight excluding hydrogens is 254 g/mol. The summed E-state index contributed by atoms with van der Waals surface area (Å²) in [7, 11) is 0. The fraction of sp³-hybridized carbons (Fsp3) is 0.462. The van der Waals surface area contributed by atoms with E-state index in [4.69, 9.17) is 10.5 Å². The Morgan fingerprint density at radius 2 is 2.00 bits per heavy atom. The van der Waals surface area contributed by atoms with Gasteiger partial charge in [0.1, 0.15) is 17.4 Å². The van der Waals surface area contributed by atoms with Gasteiger partial charge in [0.15, 0.2) is 0 Å². The molecule has 0 aliphatic heterocycles. The molecule has 106 valence electrons. The van der Waals surface area contributed by atoms with Crippen LogP contribution in [0.25, 0.3) is 0 Å². The molecular formula is C13H18F2N2O2. The van der Waals surface area contributed by atoms with Gasteiger partial charge in [0.05, 0.1) is 12.6 Å². The fourth-order valence-electron chi connectivity index (χ4n) is 1.57. The van der Waals surface area contributed by atoms with Crippen LogP contribution in [-0.4, -0.2) is 25.1 Å². The van der Waals surface area contributed by atoms with Gasteiger partial charge in [0.2, 0.25) is 5.91 Å². The van der Waals surface area contributed by atoms with Crippen LogP contribution in [0.2, 0.25) is 0 Å². The molecule has 0 saturated heterocycles. The zero-order valence-corrected chi connectivity index (χ0v) is 10.8. The third-order valence-corrected chi connectivity index (χ3v) is 2.50. The Morgan fingerprint density at radius 1 is 1.37 bits per heavy atom. The highest BCUT2D eigenvalue weighted by molar-refractivity contribution is 5.79. The molecule has 0 fully saturated rings. The average Bonchev–Trinajstić information content (AvgIpc) is 2.31. The van der Waals surface area contributed by atoms with E-state index in [9.17, 15) is 13.6 Å². The zero-order valence-electron chi connectivity index (χ0n) is 10.8. The Balaban J connectivity index is 2.44. The van der Waals surface area contributed by atoms with Crippen LogP contribution in [0.5, 0.6) is 5.75 Å². The number of amides is 1. The molecule has 0 radical (unpaired) electrons. The molecule has 19 heavy (non-hydrogen) atoms.